The maximum absolute atomic E-state index is 12.5. The molecule has 0 fully saturated rings. The van der Waals surface area contributed by atoms with E-state index in [-0.39, 0.29) is 12.5 Å². The zero-order valence-electron chi connectivity index (χ0n) is 13.0. The molecule has 2 aromatic rings. The van der Waals surface area contributed by atoms with Gasteiger partial charge in [0.2, 0.25) is 0 Å². The van der Waals surface area contributed by atoms with Crippen LogP contribution in [-0.4, -0.2) is 17.4 Å². The van der Waals surface area contributed by atoms with E-state index in [0.29, 0.717) is 17.7 Å². The monoisotopic (exact) mass is 303 g/mol. The number of nitrogens with two attached hydrogens (primary N) is 1. The topological polar surface area (TPSA) is 70.1 Å². The molecule has 2 aromatic carbocycles. The van der Waals surface area contributed by atoms with Crippen molar-refractivity contribution in [2.75, 3.05) is 12.3 Å². The molecule has 2 N–H and O–H groups in total. The summed E-state index contributed by atoms with van der Waals surface area (Å²) in [6.45, 7) is 6.40. The fourth-order valence-corrected chi connectivity index (χ4v) is 2.90. The van der Waals surface area contributed by atoms with Crippen LogP contribution in [0.15, 0.2) is 48.6 Å². The van der Waals surface area contributed by atoms with Crippen LogP contribution in [-0.2, 0) is 6.54 Å². The van der Waals surface area contributed by atoms with Crippen LogP contribution in [0.4, 0.5) is 5.69 Å². The Bertz CT molecular complexity index is 861. The summed E-state index contributed by atoms with van der Waals surface area (Å²) < 4.78 is 0. The summed E-state index contributed by atoms with van der Waals surface area (Å²) in [6, 6.07) is 13.6. The van der Waals surface area contributed by atoms with E-state index in [2.05, 4.69) is 6.58 Å². The molecule has 0 aliphatic carbocycles. The Balaban J connectivity index is 2.02. The molecule has 0 unspecified atom stereocenters. The first kappa shape index (κ1) is 14.9. The number of nitrogens with zero attached hydrogens (tertiary/aromatic N) is 2. The molecule has 1 aliphatic heterocycles. The van der Waals surface area contributed by atoms with Gasteiger partial charge in [-0.3, -0.25) is 4.79 Å². The van der Waals surface area contributed by atoms with Crippen molar-refractivity contribution in [3.05, 3.63) is 65.2 Å². The third kappa shape index (κ3) is 2.58. The van der Waals surface area contributed by atoms with Gasteiger partial charge >= 0.3 is 0 Å². The standard InChI is InChI=1S/C19H17N3O/c1-12(9-20)10-22-11-17-15(4-3-5-16(17)19(22)23)14-6-7-18(21)13(2)8-14/h3-8H,1,10-11,21H2,2H3. The molecule has 0 spiro atoms. The van der Waals surface area contributed by atoms with Crippen LogP contribution in [0.1, 0.15) is 21.5 Å². The predicted octanol–water partition coefficient (Wildman–Crippen LogP) is 3.28. The van der Waals surface area contributed by atoms with Gasteiger partial charge in [0.15, 0.2) is 0 Å². The van der Waals surface area contributed by atoms with Crippen molar-refractivity contribution >= 4 is 11.6 Å². The second-order valence-electron chi connectivity index (χ2n) is 5.78. The lowest BCUT2D eigenvalue weighted by molar-refractivity contribution is 0.0794. The maximum atomic E-state index is 12.5. The van der Waals surface area contributed by atoms with Gasteiger partial charge in [0.1, 0.15) is 0 Å². The first-order chi connectivity index (χ1) is 11.0. The summed E-state index contributed by atoms with van der Waals surface area (Å²) in [6.07, 6.45) is 0. The molecule has 4 heteroatoms. The average molecular weight is 303 g/mol. The number of nitrogen functional groups attached to an aromatic ring is 1. The zero-order chi connectivity index (χ0) is 16.6. The Labute approximate surface area is 135 Å². The largest absolute Gasteiger partial charge is 0.399 e. The Hall–Kier alpha value is -3.06. The number of aryl methyl sites for hydroxylation is 1. The normalized spacial score (nSPS) is 12.9. The molecule has 0 aromatic heterocycles. The minimum atomic E-state index is -0.0505. The number of carbonyl (C=O) groups excluding carboxylic acids is 1. The average Bonchev–Trinajstić information content (AvgIpc) is 2.86. The van der Waals surface area contributed by atoms with Crippen molar-refractivity contribution in [3.8, 4) is 17.2 Å². The highest BCUT2D eigenvalue weighted by molar-refractivity contribution is 6.00. The van der Waals surface area contributed by atoms with E-state index in [1.54, 1.807) is 4.90 Å². The van der Waals surface area contributed by atoms with Gasteiger partial charge in [0.25, 0.3) is 5.91 Å². The molecule has 23 heavy (non-hydrogen) atoms. The minimum Gasteiger partial charge on any atom is -0.399 e. The number of benzene rings is 2. The molecule has 1 heterocycles. The number of fused-ring (bicyclic) bond motifs is 1. The van der Waals surface area contributed by atoms with E-state index in [9.17, 15) is 4.79 Å². The molecular formula is C19H17N3O. The van der Waals surface area contributed by atoms with Gasteiger partial charge in [-0.15, -0.1) is 0 Å². The van der Waals surface area contributed by atoms with E-state index < -0.39 is 0 Å². The highest BCUT2D eigenvalue weighted by atomic mass is 16.2. The van der Waals surface area contributed by atoms with Gasteiger partial charge in [-0.25, -0.2) is 0 Å². The lowest BCUT2D eigenvalue weighted by Gasteiger charge is -2.14. The fourth-order valence-electron chi connectivity index (χ4n) is 2.90. The van der Waals surface area contributed by atoms with Crippen LogP contribution in [0.3, 0.4) is 0 Å². The fraction of sp³-hybridized carbons (Fsp3) is 0.158. The van der Waals surface area contributed by atoms with Crippen LogP contribution >= 0.6 is 0 Å². The molecule has 0 radical (unpaired) electrons. The summed E-state index contributed by atoms with van der Waals surface area (Å²) in [5.74, 6) is -0.0505. The summed E-state index contributed by atoms with van der Waals surface area (Å²) in [5.41, 5.74) is 11.8. The van der Waals surface area contributed by atoms with E-state index in [4.69, 9.17) is 11.0 Å². The first-order valence-corrected chi connectivity index (χ1v) is 7.37. The summed E-state index contributed by atoms with van der Waals surface area (Å²) in [7, 11) is 0. The zero-order valence-corrected chi connectivity index (χ0v) is 13.0. The number of nitriles is 1. The van der Waals surface area contributed by atoms with Gasteiger partial charge in [-0.2, -0.15) is 5.26 Å². The molecule has 1 aliphatic rings. The first-order valence-electron chi connectivity index (χ1n) is 7.37. The van der Waals surface area contributed by atoms with Gasteiger partial charge < -0.3 is 10.6 Å². The van der Waals surface area contributed by atoms with Crippen molar-refractivity contribution in [2.45, 2.75) is 13.5 Å². The molecule has 4 nitrogen and oxygen atoms in total. The van der Waals surface area contributed by atoms with Gasteiger partial charge in [-0.1, -0.05) is 24.8 Å². The van der Waals surface area contributed by atoms with Crippen LogP contribution in [0.25, 0.3) is 11.1 Å². The van der Waals surface area contributed by atoms with Gasteiger partial charge in [0, 0.05) is 23.4 Å². The number of carbonyl (C=O) groups is 1. The summed E-state index contributed by atoms with van der Waals surface area (Å²) >= 11 is 0. The van der Waals surface area contributed by atoms with Crippen LogP contribution in [0.5, 0.6) is 0 Å². The van der Waals surface area contributed by atoms with Gasteiger partial charge in [-0.05, 0) is 47.4 Å². The van der Waals surface area contributed by atoms with E-state index in [1.807, 2.05) is 49.4 Å². The Kier molecular flexibility index (Phi) is 3.63. The van der Waals surface area contributed by atoms with Crippen LogP contribution in [0.2, 0.25) is 0 Å². The van der Waals surface area contributed by atoms with E-state index in [0.717, 1.165) is 27.9 Å². The molecule has 0 saturated carbocycles. The van der Waals surface area contributed by atoms with Crippen molar-refractivity contribution in [1.29, 1.82) is 5.26 Å². The lowest BCUT2D eigenvalue weighted by Crippen LogP contribution is -2.25. The van der Waals surface area contributed by atoms with Gasteiger partial charge in [0.05, 0.1) is 12.6 Å². The van der Waals surface area contributed by atoms with Crippen molar-refractivity contribution in [1.82, 2.24) is 4.90 Å². The van der Waals surface area contributed by atoms with Crippen molar-refractivity contribution < 1.29 is 4.79 Å². The predicted molar refractivity (Wildman–Crippen MR) is 90.5 cm³/mol. The molecule has 1 amide bonds. The smallest absolute Gasteiger partial charge is 0.254 e. The quantitative estimate of drug-likeness (QED) is 0.698. The molecule has 114 valence electrons. The minimum absolute atomic E-state index is 0.0505. The number of hydrogen-bond acceptors (Lipinski definition) is 3. The van der Waals surface area contributed by atoms with Crippen LogP contribution in [0, 0.1) is 18.3 Å². The van der Waals surface area contributed by atoms with Crippen LogP contribution < -0.4 is 5.73 Å². The second kappa shape index (κ2) is 5.62. The molecule has 0 bridgehead atoms. The van der Waals surface area contributed by atoms with E-state index in [1.165, 1.54) is 0 Å². The number of hydrogen-bond donors (Lipinski definition) is 1. The number of anilines is 1. The molecule has 3 rings (SSSR count). The third-order valence-electron chi connectivity index (χ3n) is 4.16. The van der Waals surface area contributed by atoms with Crippen molar-refractivity contribution in [2.24, 2.45) is 0 Å². The Morgan fingerprint density at radius 1 is 1.35 bits per heavy atom. The van der Waals surface area contributed by atoms with Crippen molar-refractivity contribution in [3.63, 3.8) is 0 Å². The highest BCUT2D eigenvalue weighted by Gasteiger charge is 2.29. The second-order valence-corrected chi connectivity index (χ2v) is 5.78. The molecule has 0 saturated heterocycles. The highest BCUT2D eigenvalue weighted by Crippen LogP contribution is 2.34. The molecule has 0 atom stereocenters. The van der Waals surface area contributed by atoms with E-state index >= 15 is 0 Å². The summed E-state index contributed by atoms with van der Waals surface area (Å²) in [4.78, 5) is 14.2. The third-order valence-corrected chi connectivity index (χ3v) is 4.16. The Morgan fingerprint density at radius 3 is 2.78 bits per heavy atom. The number of rotatable bonds is 3. The Morgan fingerprint density at radius 2 is 2.09 bits per heavy atom. The maximum Gasteiger partial charge on any atom is 0.254 e. The SMILES string of the molecule is C=C(C#N)CN1Cc2c(cccc2-c2ccc(N)c(C)c2)C1=O. The lowest BCUT2D eigenvalue weighted by atomic mass is 9.95. The molecular weight excluding hydrogens is 286 g/mol. The summed E-state index contributed by atoms with van der Waals surface area (Å²) in [5, 5.41) is 8.89. The number of amides is 1.